The smallest absolute Gasteiger partial charge is 0.224 e. The van der Waals surface area contributed by atoms with Gasteiger partial charge >= 0.3 is 0 Å². The second-order valence-electron chi connectivity index (χ2n) is 5.31. The van der Waals surface area contributed by atoms with Crippen molar-refractivity contribution in [1.82, 2.24) is 5.32 Å². The van der Waals surface area contributed by atoms with Gasteiger partial charge in [-0.15, -0.1) is 0 Å². The normalized spacial score (nSPS) is 22.2. The summed E-state index contributed by atoms with van der Waals surface area (Å²) in [4.78, 5) is 11.8. The van der Waals surface area contributed by atoms with E-state index in [1.54, 1.807) is 6.92 Å². The van der Waals surface area contributed by atoms with E-state index in [-0.39, 0.29) is 12.3 Å². The van der Waals surface area contributed by atoms with E-state index in [1.807, 2.05) is 6.92 Å². The van der Waals surface area contributed by atoms with Crippen LogP contribution in [-0.4, -0.2) is 22.2 Å². The Morgan fingerprint density at radius 2 is 2.06 bits per heavy atom. The van der Waals surface area contributed by atoms with Gasteiger partial charge in [0.05, 0.1) is 18.1 Å². The van der Waals surface area contributed by atoms with Crippen LogP contribution < -0.4 is 5.32 Å². The van der Waals surface area contributed by atoms with Crippen LogP contribution in [-0.2, 0) is 4.79 Å². The van der Waals surface area contributed by atoms with Crippen molar-refractivity contribution in [2.45, 2.75) is 69.9 Å². The SMILES string of the molecule is CCC(C)(C#N)NC(=O)CC1(O)CCCCC1. The molecule has 0 aromatic heterocycles. The molecule has 4 nitrogen and oxygen atoms in total. The van der Waals surface area contributed by atoms with Crippen LogP contribution >= 0.6 is 0 Å². The monoisotopic (exact) mass is 238 g/mol. The molecule has 1 rings (SSSR count). The second-order valence-corrected chi connectivity index (χ2v) is 5.31. The van der Waals surface area contributed by atoms with Crippen LogP contribution in [0, 0.1) is 11.3 Å². The molecule has 0 aromatic carbocycles. The zero-order chi connectivity index (χ0) is 12.9. The summed E-state index contributed by atoms with van der Waals surface area (Å²) < 4.78 is 0. The maximum Gasteiger partial charge on any atom is 0.224 e. The van der Waals surface area contributed by atoms with Crippen LogP contribution in [0.4, 0.5) is 0 Å². The number of nitrogens with one attached hydrogen (secondary N) is 1. The molecular formula is C13H22N2O2. The Bertz CT molecular complexity index is 316. The zero-order valence-electron chi connectivity index (χ0n) is 10.8. The molecule has 17 heavy (non-hydrogen) atoms. The first-order valence-electron chi connectivity index (χ1n) is 6.38. The molecule has 2 N–H and O–H groups in total. The quantitative estimate of drug-likeness (QED) is 0.785. The van der Waals surface area contributed by atoms with Crippen LogP contribution in [0.5, 0.6) is 0 Å². The Morgan fingerprint density at radius 3 is 2.53 bits per heavy atom. The molecular weight excluding hydrogens is 216 g/mol. The summed E-state index contributed by atoms with van der Waals surface area (Å²) in [6.07, 6.45) is 5.15. The molecule has 1 fully saturated rings. The lowest BCUT2D eigenvalue weighted by atomic mass is 9.82. The minimum absolute atomic E-state index is 0.115. The molecule has 0 saturated heterocycles. The van der Waals surface area contributed by atoms with Crippen LogP contribution in [0.25, 0.3) is 0 Å². The summed E-state index contributed by atoms with van der Waals surface area (Å²) in [5.41, 5.74) is -1.67. The van der Waals surface area contributed by atoms with E-state index in [4.69, 9.17) is 5.26 Å². The second kappa shape index (κ2) is 5.50. The number of nitrogens with zero attached hydrogens (tertiary/aromatic N) is 1. The number of carbonyl (C=O) groups excluding carboxylic acids is 1. The molecule has 0 spiro atoms. The number of hydrogen-bond acceptors (Lipinski definition) is 3. The number of nitriles is 1. The number of amides is 1. The highest BCUT2D eigenvalue weighted by Gasteiger charge is 2.33. The molecule has 0 heterocycles. The van der Waals surface area contributed by atoms with Crippen molar-refractivity contribution in [2.75, 3.05) is 0 Å². The summed E-state index contributed by atoms with van der Waals surface area (Å²) >= 11 is 0. The maximum absolute atomic E-state index is 11.8. The first-order chi connectivity index (χ1) is 7.93. The fraction of sp³-hybridized carbons (Fsp3) is 0.846. The van der Waals surface area contributed by atoms with Crippen molar-refractivity contribution in [2.24, 2.45) is 0 Å². The van der Waals surface area contributed by atoms with Gasteiger partial charge in [-0.3, -0.25) is 4.79 Å². The fourth-order valence-corrected chi connectivity index (χ4v) is 2.23. The summed E-state index contributed by atoms with van der Waals surface area (Å²) in [5, 5.41) is 21.9. The number of carbonyl (C=O) groups is 1. The average molecular weight is 238 g/mol. The highest BCUT2D eigenvalue weighted by atomic mass is 16.3. The Labute approximate surface area is 103 Å². The van der Waals surface area contributed by atoms with Gasteiger partial charge in [0.15, 0.2) is 0 Å². The molecule has 0 aromatic rings. The average Bonchev–Trinajstić information content (AvgIpc) is 2.29. The predicted octanol–water partition coefficient (Wildman–Crippen LogP) is 1.88. The first-order valence-corrected chi connectivity index (χ1v) is 6.38. The van der Waals surface area contributed by atoms with Crippen molar-refractivity contribution in [3.8, 4) is 6.07 Å². The van der Waals surface area contributed by atoms with Gasteiger partial charge in [-0.2, -0.15) is 5.26 Å². The minimum Gasteiger partial charge on any atom is -0.389 e. The van der Waals surface area contributed by atoms with E-state index in [0.29, 0.717) is 19.3 Å². The highest BCUT2D eigenvalue weighted by molar-refractivity contribution is 5.78. The van der Waals surface area contributed by atoms with Crippen LogP contribution in [0.3, 0.4) is 0 Å². The Balaban J connectivity index is 2.52. The number of rotatable bonds is 4. The molecule has 0 bridgehead atoms. The van der Waals surface area contributed by atoms with E-state index in [1.165, 1.54) is 0 Å². The van der Waals surface area contributed by atoms with E-state index in [0.717, 1.165) is 19.3 Å². The standard InChI is InChI=1S/C13H22N2O2/c1-3-12(2,10-14)15-11(16)9-13(17)7-5-4-6-8-13/h17H,3-9H2,1-2H3,(H,15,16). The number of aliphatic hydroxyl groups is 1. The van der Waals surface area contributed by atoms with Crippen molar-refractivity contribution in [3.63, 3.8) is 0 Å². The molecule has 1 aliphatic rings. The molecule has 4 heteroatoms. The molecule has 1 saturated carbocycles. The van der Waals surface area contributed by atoms with E-state index >= 15 is 0 Å². The lowest BCUT2D eigenvalue weighted by Crippen LogP contribution is -2.47. The van der Waals surface area contributed by atoms with Gasteiger partial charge in [-0.25, -0.2) is 0 Å². The van der Waals surface area contributed by atoms with Gasteiger partial charge in [0.1, 0.15) is 5.54 Å². The van der Waals surface area contributed by atoms with Gasteiger partial charge in [-0.1, -0.05) is 26.2 Å². The Morgan fingerprint density at radius 1 is 1.47 bits per heavy atom. The van der Waals surface area contributed by atoms with Crippen molar-refractivity contribution >= 4 is 5.91 Å². The van der Waals surface area contributed by atoms with Gasteiger partial charge < -0.3 is 10.4 Å². The van der Waals surface area contributed by atoms with Crippen LogP contribution in [0.1, 0.15) is 58.8 Å². The molecule has 1 unspecified atom stereocenters. The van der Waals surface area contributed by atoms with Crippen molar-refractivity contribution in [3.05, 3.63) is 0 Å². The molecule has 1 aliphatic carbocycles. The third-order valence-electron chi connectivity index (χ3n) is 3.64. The van der Waals surface area contributed by atoms with Gasteiger partial charge in [0.25, 0.3) is 0 Å². The fourth-order valence-electron chi connectivity index (χ4n) is 2.23. The van der Waals surface area contributed by atoms with Gasteiger partial charge in [-0.05, 0) is 26.2 Å². The Kier molecular flexibility index (Phi) is 4.53. The summed E-state index contributed by atoms with van der Waals surface area (Å²) in [6, 6.07) is 2.10. The summed E-state index contributed by atoms with van der Waals surface area (Å²) in [7, 11) is 0. The first kappa shape index (κ1) is 14.0. The Hall–Kier alpha value is -1.08. The molecule has 96 valence electrons. The molecule has 1 amide bonds. The predicted molar refractivity (Wildman–Crippen MR) is 65.1 cm³/mol. The lowest BCUT2D eigenvalue weighted by Gasteiger charge is -2.32. The van der Waals surface area contributed by atoms with Crippen LogP contribution in [0.15, 0.2) is 0 Å². The van der Waals surface area contributed by atoms with Crippen LogP contribution in [0.2, 0.25) is 0 Å². The van der Waals surface area contributed by atoms with Gasteiger partial charge in [0, 0.05) is 0 Å². The van der Waals surface area contributed by atoms with Crippen molar-refractivity contribution < 1.29 is 9.90 Å². The summed E-state index contributed by atoms with van der Waals surface area (Å²) in [6.45, 7) is 3.56. The molecule has 0 radical (unpaired) electrons. The van der Waals surface area contributed by atoms with E-state index in [9.17, 15) is 9.90 Å². The third kappa shape index (κ3) is 4.01. The largest absolute Gasteiger partial charge is 0.389 e. The topological polar surface area (TPSA) is 73.1 Å². The minimum atomic E-state index is -0.855. The maximum atomic E-state index is 11.8. The summed E-state index contributed by atoms with van der Waals surface area (Å²) in [5.74, 6) is -0.222. The van der Waals surface area contributed by atoms with Crippen molar-refractivity contribution in [1.29, 1.82) is 5.26 Å². The zero-order valence-corrected chi connectivity index (χ0v) is 10.8. The van der Waals surface area contributed by atoms with Gasteiger partial charge in [0.2, 0.25) is 5.91 Å². The number of hydrogen-bond donors (Lipinski definition) is 2. The van der Waals surface area contributed by atoms with E-state index < -0.39 is 11.1 Å². The molecule has 1 atom stereocenters. The lowest BCUT2D eigenvalue weighted by molar-refractivity contribution is -0.128. The molecule has 0 aliphatic heterocycles. The third-order valence-corrected chi connectivity index (χ3v) is 3.64. The highest BCUT2D eigenvalue weighted by Crippen LogP contribution is 2.30. The van der Waals surface area contributed by atoms with E-state index in [2.05, 4.69) is 11.4 Å².